The molecule has 1 aliphatic heterocycles. The number of hydrogen-bond donors (Lipinski definition) is 1. The van der Waals surface area contributed by atoms with Gasteiger partial charge in [-0.25, -0.2) is 0 Å². The Morgan fingerprint density at radius 3 is 2.77 bits per heavy atom. The summed E-state index contributed by atoms with van der Waals surface area (Å²) in [7, 11) is 3.50. The van der Waals surface area contributed by atoms with Crippen molar-refractivity contribution in [1.82, 2.24) is 9.47 Å². The molecule has 26 heavy (non-hydrogen) atoms. The van der Waals surface area contributed by atoms with Crippen LogP contribution in [0.15, 0.2) is 24.3 Å². The quantitative estimate of drug-likeness (QED) is 0.870. The number of morpholine rings is 1. The summed E-state index contributed by atoms with van der Waals surface area (Å²) in [5.74, 6) is -0.537. The van der Waals surface area contributed by atoms with Crippen LogP contribution in [0, 0.1) is 6.92 Å². The average molecular weight is 359 g/mol. The van der Waals surface area contributed by atoms with Crippen molar-refractivity contribution < 1.29 is 19.1 Å². The molecular weight excluding hydrogens is 334 g/mol. The number of amides is 2. The van der Waals surface area contributed by atoms with Crippen molar-refractivity contribution in [3.63, 3.8) is 0 Å². The zero-order valence-corrected chi connectivity index (χ0v) is 15.4. The van der Waals surface area contributed by atoms with E-state index in [0.29, 0.717) is 18.7 Å². The number of nitrogens with zero attached hydrogens (tertiary/aromatic N) is 2. The molecule has 7 nitrogen and oxygen atoms in total. The molecular formula is C19H25N3O4. The van der Waals surface area contributed by atoms with Gasteiger partial charge in [0.05, 0.1) is 31.7 Å². The number of nitrogens with two attached hydrogens (primary N) is 1. The van der Waals surface area contributed by atoms with Crippen LogP contribution in [0.4, 0.5) is 0 Å². The number of fused-ring (bicyclic) bond motifs is 1. The van der Waals surface area contributed by atoms with Gasteiger partial charge >= 0.3 is 0 Å². The molecule has 0 spiro atoms. The van der Waals surface area contributed by atoms with Gasteiger partial charge in [-0.3, -0.25) is 9.59 Å². The van der Waals surface area contributed by atoms with Crippen LogP contribution >= 0.6 is 0 Å². The van der Waals surface area contributed by atoms with Crippen LogP contribution in [0.2, 0.25) is 0 Å². The summed E-state index contributed by atoms with van der Waals surface area (Å²) in [4.78, 5) is 26.6. The lowest BCUT2D eigenvalue weighted by Gasteiger charge is -2.41. The Kier molecular flexibility index (Phi) is 5.02. The lowest BCUT2D eigenvalue weighted by atomic mass is 9.96. The fourth-order valence-electron chi connectivity index (χ4n) is 3.79. The first-order valence-corrected chi connectivity index (χ1v) is 8.63. The minimum atomic E-state index is -0.896. The smallest absolute Gasteiger partial charge is 0.256 e. The number of para-hydroxylation sites is 1. The Balaban J connectivity index is 1.95. The first-order valence-electron chi connectivity index (χ1n) is 8.63. The molecule has 140 valence electrons. The van der Waals surface area contributed by atoms with E-state index in [1.54, 1.807) is 12.0 Å². The van der Waals surface area contributed by atoms with Crippen LogP contribution in [0.1, 0.15) is 22.5 Å². The molecule has 2 N–H and O–H groups in total. The van der Waals surface area contributed by atoms with E-state index in [4.69, 9.17) is 15.2 Å². The van der Waals surface area contributed by atoms with Crippen molar-refractivity contribution in [2.24, 2.45) is 12.8 Å². The highest BCUT2D eigenvalue weighted by Crippen LogP contribution is 2.29. The van der Waals surface area contributed by atoms with Gasteiger partial charge in [-0.2, -0.15) is 0 Å². The predicted octanol–water partition coefficient (Wildman–Crippen LogP) is 1.22. The van der Waals surface area contributed by atoms with Gasteiger partial charge in [0.2, 0.25) is 5.91 Å². The Bertz CT molecular complexity index is 841. The Morgan fingerprint density at radius 2 is 2.08 bits per heavy atom. The predicted molar refractivity (Wildman–Crippen MR) is 97.9 cm³/mol. The summed E-state index contributed by atoms with van der Waals surface area (Å²) in [6.07, 6.45) is 0.0130. The zero-order chi connectivity index (χ0) is 18.9. The van der Waals surface area contributed by atoms with Gasteiger partial charge < -0.3 is 24.7 Å². The Morgan fingerprint density at radius 1 is 1.35 bits per heavy atom. The first-order chi connectivity index (χ1) is 12.4. The van der Waals surface area contributed by atoms with Gasteiger partial charge in [0.15, 0.2) is 0 Å². The SMILES string of the molecule is COC[C@]1(CC(N)=O)CN(C(=O)c2c(C)n(C)c3ccccc23)CCO1. The molecule has 0 bridgehead atoms. The van der Waals surface area contributed by atoms with Gasteiger partial charge in [0.25, 0.3) is 5.91 Å². The van der Waals surface area contributed by atoms with E-state index in [1.807, 2.05) is 42.8 Å². The Hall–Kier alpha value is -2.38. The third kappa shape index (κ3) is 3.20. The number of hydrogen-bond acceptors (Lipinski definition) is 4. The average Bonchev–Trinajstić information content (AvgIpc) is 2.85. The minimum absolute atomic E-state index is 0.0130. The molecule has 1 saturated heterocycles. The third-order valence-electron chi connectivity index (χ3n) is 5.05. The third-order valence-corrected chi connectivity index (χ3v) is 5.05. The second-order valence-corrected chi connectivity index (χ2v) is 6.87. The van der Waals surface area contributed by atoms with Crippen LogP contribution in [-0.4, -0.2) is 60.3 Å². The maximum absolute atomic E-state index is 13.3. The molecule has 1 fully saturated rings. The maximum Gasteiger partial charge on any atom is 0.256 e. The van der Waals surface area contributed by atoms with Crippen LogP contribution in [0.3, 0.4) is 0 Å². The molecule has 1 aliphatic rings. The van der Waals surface area contributed by atoms with Crippen molar-refractivity contribution in [2.75, 3.05) is 33.4 Å². The van der Waals surface area contributed by atoms with E-state index in [-0.39, 0.29) is 25.5 Å². The number of ether oxygens (including phenoxy) is 2. The van der Waals surface area contributed by atoms with Gasteiger partial charge in [0, 0.05) is 37.3 Å². The topological polar surface area (TPSA) is 86.8 Å². The summed E-state index contributed by atoms with van der Waals surface area (Å²) in [5.41, 5.74) is 7.11. The Labute approximate surface area is 152 Å². The number of methoxy groups -OCH3 is 1. The van der Waals surface area contributed by atoms with E-state index < -0.39 is 11.5 Å². The maximum atomic E-state index is 13.3. The highest BCUT2D eigenvalue weighted by atomic mass is 16.5. The molecule has 0 radical (unpaired) electrons. The van der Waals surface area contributed by atoms with E-state index in [1.165, 1.54) is 0 Å². The summed E-state index contributed by atoms with van der Waals surface area (Å²) in [5, 5.41) is 0.927. The molecule has 3 rings (SSSR count). The number of benzene rings is 1. The fraction of sp³-hybridized carbons (Fsp3) is 0.474. The number of rotatable bonds is 5. The van der Waals surface area contributed by atoms with Crippen molar-refractivity contribution in [1.29, 1.82) is 0 Å². The fourth-order valence-corrected chi connectivity index (χ4v) is 3.79. The summed E-state index contributed by atoms with van der Waals surface area (Å²) >= 11 is 0. The van der Waals surface area contributed by atoms with Crippen molar-refractivity contribution in [3.8, 4) is 0 Å². The van der Waals surface area contributed by atoms with Crippen LogP contribution in [0.25, 0.3) is 10.9 Å². The van der Waals surface area contributed by atoms with Crippen LogP contribution in [0.5, 0.6) is 0 Å². The van der Waals surface area contributed by atoms with Crippen molar-refractivity contribution in [2.45, 2.75) is 18.9 Å². The molecule has 2 aromatic rings. The lowest BCUT2D eigenvalue weighted by molar-refractivity contribution is -0.148. The van der Waals surface area contributed by atoms with Gasteiger partial charge in [-0.1, -0.05) is 18.2 Å². The highest BCUT2D eigenvalue weighted by Gasteiger charge is 2.40. The monoisotopic (exact) mass is 359 g/mol. The summed E-state index contributed by atoms with van der Waals surface area (Å²) < 4.78 is 13.1. The number of aromatic nitrogens is 1. The van der Waals surface area contributed by atoms with E-state index in [2.05, 4.69) is 0 Å². The number of aryl methyl sites for hydroxylation is 1. The molecule has 1 atom stereocenters. The molecule has 7 heteroatoms. The normalized spacial score (nSPS) is 20.5. The van der Waals surface area contributed by atoms with Crippen molar-refractivity contribution in [3.05, 3.63) is 35.5 Å². The molecule has 2 heterocycles. The van der Waals surface area contributed by atoms with Crippen LogP contribution in [-0.2, 0) is 21.3 Å². The number of carbonyl (C=O) groups is 2. The second kappa shape index (κ2) is 7.09. The standard InChI is InChI=1S/C19H25N3O4/c1-13-17(14-6-4-5-7-15(14)21(13)2)18(24)22-8-9-26-19(11-22,12-25-3)10-16(20)23/h4-7H,8-12H2,1-3H3,(H2,20,23)/t19-/m0/s1. The summed E-state index contributed by atoms with van der Waals surface area (Å²) in [6, 6.07) is 7.85. The number of primary amides is 1. The van der Waals surface area contributed by atoms with E-state index >= 15 is 0 Å². The van der Waals surface area contributed by atoms with Crippen LogP contribution < -0.4 is 5.73 Å². The largest absolute Gasteiger partial charge is 0.382 e. The second-order valence-electron chi connectivity index (χ2n) is 6.87. The van der Waals surface area contributed by atoms with Gasteiger partial charge in [-0.05, 0) is 13.0 Å². The lowest BCUT2D eigenvalue weighted by Crippen LogP contribution is -2.57. The molecule has 0 unspecified atom stereocenters. The molecule has 0 aliphatic carbocycles. The van der Waals surface area contributed by atoms with Crippen molar-refractivity contribution >= 4 is 22.7 Å². The number of carbonyl (C=O) groups excluding carboxylic acids is 2. The summed E-state index contributed by atoms with van der Waals surface area (Å²) in [6.45, 7) is 3.22. The molecule has 1 aromatic heterocycles. The van der Waals surface area contributed by atoms with E-state index in [0.717, 1.165) is 16.6 Å². The van der Waals surface area contributed by atoms with E-state index in [9.17, 15) is 9.59 Å². The first kappa shape index (κ1) is 18.4. The molecule has 0 saturated carbocycles. The highest BCUT2D eigenvalue weighted by molar-refractivity contribution is 6.08. The molecule has 1 aromatic carbocycles. The molecule has 2 amide bonds. The van der Waals surface area contributed by atoms with Gasteiger partial charge in [-0.15, -0.1) is 0 Å². The van der Waals surface area contributed by atoms with Gasteiger partial charge in [0.1, 0.15) is 5.60 Å². The minimum Gasteiger partial charge on any atom is -0.382 e. The zero-order valence-electron chi connectivity index (χ0n) is 15.4.